The molecule has 0 saturated carbocycles. The normalized spacial score (nSPS) is 24.5. The van der Waals surface area contributed by atoms with Gasteiger partial charge in [-0.25, -0.2) is 4.98 Å². The van der Waals surface area contributed by atoms with E-state index in [1.807, 2.05) is 0 Å². The van der Waals surface area contributed by atoms with Gasteiger partial charge < -0.3 is 9.64 Å². The van der Waals surface area contributed by atoms with Crippen LogP contribution in [0.1, 0.15) is 12.1 Å². The Balaban J connectivity index is 1.63. The summed E-state index contributed by atoms with van der Waals surface area (Å²) in [6.45, 7) is 5.09. The van der Waals surface area contributed by atoms with Gasteiger partial charge in [0.05, 0.1) is 25.1 Å². The van der Waals surface area contributed by atoms with Crippen LogP contribution in [0.2, 0.25) is 0 Å². The summed E-state index contributed by atoms with van der Waals surface area (Å²) >= 11 is 0. The van der Waals surface area contributed by atoms with Crippen LogP contribution in [0, 0.1) is 0 Å². The molecule has 21 heavy (non-hydrogen) atoms. The minimum absolute atomic E-state index is 0.455. The Morgan fingerprint density at radius 2 is 1.90 bits per heavy atom. The van der Waals surface area contributed by atoms with Crippen molar-refractivity contribution in [1.82, 2.24) is 9.88 Å². The number of alkyl halides is 3. The maximum absolute atomic E-state index is 12.5. The summed E-state index contributed by atoms with van der Waals surface area (Å²) in [6, 6.07) is 3.02. The van der Waals surface area contributed by atoms with E-state index in [0.29, 0.717) is 6.04 Å². The molecule has 1 aromatic rings. The second-order valence-electron chi connectivity index (χ2n) is 5.44. The summed E-state index contributed by atoms with van der Waals surface area (Å²) in [6.07, 6.45) is -2.02. The van der Waals surface area contributed by atoms with Crippen LogP contribution < -0.4 is 4.90 Å². The van der Waals surface area contributed by atoms with Crippen LogP contribution in [0.25, 0.3) is 0 Å². The molecule has 2 saturated heterocycles. The highest BCUT2D eigenvalue weighted by Crippen LogP contribution is 2.29. The molecule has 0 bridgehead atoms. The van der Waals surface area contributed by atoms with Crippen molar-refractivity contribution >= 4 is 5.69 Å². The summed E-state index contributed by atoms with van der Waals surface area (Å²) in [5.41, 5.74) is -0.0751. The van der Waals surface area contributed by atoms with Gasteiger partial charge in [0, 0.05) is 32.2 Å². The Kier molecular flexibility index (Phi) is 4.03. The summed E-state index contributed by atoms with van der Waals surface area (Å²) in [7, 11) is 0. The van der Waals surface area contributed by atoms with Gasteiger partial charge in [-0.05, 0) is 18.6 Å². The first-order valence-corrected chi connectivity index (χ1v) is 7.14. The molecule has 0 radical (unpaired) electrons. The topological polar surface area (TPSA) is 28.6 Å². The molecule has 0 N–H and O–H groups in total. The van der Waals surface area contributed by atoms with Gasteiger partial charge in [-0.2, -0.15) is 13.2 Å². The van der Waals surface area contributed by atoms with Crippen molar-refractivity contribution in [3.63, 3.8) is 0 Å². The number of pyridine rings is 1. The van der Waals surface area contributed by atoms with Crippen molar-refractivity contribution in [1.29, 1.82) is 0 Å². The van der Waals surface area contributed by atoms with E-state index in [1.54, 1.807) is 0 Å². The Hall–Kier alpha value is -1.34. The van der Waals surface area contributed by atoms with Crippen LogP contribution in [0.3, 0.4) is 0 Å². The number of ether oxygens (including phenoxy) is 1. The lowest BCUT2D eigenvalue weighted by atomic mass is 10.2. The molecule has 1 atom stereocenters. The predicted molar refractivity (Wildman–Crippen MR) is 72.2 cm³/mol. The van der Waals surface area contributed by atoms with Gasteiger partial charge in [-0.3, -0.25) is 4.90 Å². The maximum Gasteiger partial charge on any atom is 0.433 e. The monoisotopic (exact) mass is 301 g/mol. The quantitative estimate of drug-likeness (QED) is 0.835. The Morgan fingerprint density at radius 3 is 2.52 bits per heavy atom. The third-order valence-corrected chi connectivity index (χ3v) is 4.13. The van der Waals surface area contributed by atoms with Gasteiger partial charge in [-0.15, -0.1) is 0 Å². The molecular weight excluding hydrogens is 283 g/mol. The number of morpholine rings is 1. The fourth-order valence-corrected chi connectivity index (χ4v) is 2.96. The van der Waals surface area contributed by atoms with Crippen LogP contribution >= 0.6 is 0 Å². The lowest BCUT2D eigenvalue weighted by Crippen LogP contribution is -2.44. The number of aromatic nitrogens is 1. The van der Waals surface area contributed by atoms with Crippen LogP contribution in [-0.4, -0.2) is 55.3 Å². The molecule has 4 nitrogen and oxygen atoms in total. The van der Waals surface area contributed by atoms with E-state index in [0.717, 1.165) is 57.6 Å². The number of halogens is 3. The van der Waals surface area contributed by atoms with Crippen molar-refractivity contribution in [2.24, 2.45) is 0 Å². The van der Waals surface area contributed by atoms with E-state index in [1.165, 1.54) is 12.3 Å². The van der Waals surface area contributed by atoms with Gasteiger partial charge in [0.25, 0.3) is 0 Å². The molecule has 0 aromatic carbocycles. The first-order valence-electron chi connectivity index (χ1n) is 7.14. The molecule has 2 fully saturated rings. The number of hydrogen-bond donors (Lipinski definition) is 0. The van der Waals surface area contributed by atoms with E-state index in [-0.39, 0.29) is 0 Å². The van der Waals surface area contributed by atoms with Crippen LogP contribution in [0.5, 0.6) is 0 Å². The van der Waals surface area contributed by atoms with Gasteiger partial charge in [0.2, 0.25) is 0 Å². The highest BCUT2D eigenvalue weighted by molar-refractivity contribution is 5.46. The standard InChI is InChI=1S/C14H18F3N3O/c15-14(16,17)13-2-1-11(9-18-13)20-4-3-12(10-20)19-5-7-21-8-6-19/h1-2,9,12H,3-8,10H2. The summed E-state index contributed by atoms with van der Waals surface area (Å²) in [5.74, 6) is 0. The molecule has 2 aliphatic heterocycles. The third-order valence-electron chi connectivity index (χ3n) is 4.13. The highest BCUT2D eigenvalue weighted by atomic mass is 19.4. The average Bonchev–Trinajstić information content (AvgIpc) is 2.97. The molecule has 0 amide bonds. The Labute approximate surface area is 121 Å². The maximum atomic E-state index is 12.5. The molecule has 1 unspecified atom stereocenters. The number of rotatable bonds is 2. The average molecular weight is 301 g/mol. The molecule has 2 aliphatic rings. The second kappa shape index (κ2) is 5.81. The predicted octanol–water partition coefficient (Wildman–Crippen LogP) is 2.01. The Bertz CT molecular complexity index is 471. The van der Waals surface area contributed by atoms with E-state index in [2.05, 4.69) is 14.8 Å². The number of anilines is 1. The van der Waals surface area contributed by atoms with Gasteiger partial charge >= 0.3 is 6.18 Å². The molecule has 7 heteroatoms. The smallest absolute Gasteiger partial charge is 0.379 e. The van der Waals surface area contributed by atoms with E-state index in [9.17, 15) is 13.2 Å². The largest absolute Gasteiger partial charge is 0.433 e. The second-order valence-corrected chi connectivity index (χ2v) is 5.44. The van der Waals surface area contributed by atoms with Crippen LogP contribution in [-0.2, 0) is 10.9 Å². The van der Waals surface area contributed by atoms with E-state index in [4.69, 9.17) is 4.74 Å². The summed E-state index contributed by atoms with van der Waals surface area (Å²) < 4.78 is 42.9. The van der Waals surface area contributed by atoms with Crippen molar-refractivity contribution in [2.45, 2.75) is 18.6 Å². The fraction of sp³-hybridized carbons (Fsp3) is 0.643. The number of hydrogen-bond acceptors (Lipinski definition) is 4. The first kappa shape index (κ1) is 14.6. The van der Waals surface area contributed by atoms with Crippen LogP contribution in [0.4, 0.5) is 18.9 Å². The molecule has 0 spiro atoms. The zero-order valence-electron chi connectivity index (χ0n) is 11.6. The van der Waals surface area contributed by atoms with E-state index < -0.39 is 11.9 Å². The van der Waals surface area contributed by atoms with Gasteiger partial charge in [0.1, 0.15) is 5.69 Å². The minimum atomic E-state index is -4.38. The lowest BCUT2D eigenvalue weighted by molar-refractivity contribution is -0.141. The van der Waals surface area contributed by atoms with Crippen molar-refractivity contribution < 1.29 is 17.9 Å². The lowest BCUT2D eigenvalue weighted by Gasteiger charge is -2.32. The minimum Gasteiger partial charge on any atom is -0.379 e. The molecule has 116 valence electrons. The highest BCUT2D eigenvalue weighted by Gasteiger charge is 2.33. The molecular formula is C14H18F3N3O. The fourth-order valence-electron chi connectivity index (χ4n) is 2.96. The molecule has 3 rings (SSSR count). The number of nitrogens with zero attached hydrogens (tertiary/aromatic N) is 3. The zero-order valence-corrected chi connectivity index (χ0v) is 11.6. The molecule has 1 aromatic heterocycles. The zero-order chi connectivity index (χ0) is 14.9. The van der Waals surface area contributed by atoms with Crippen LogP contribution in [0.15, 0.2) is 18.3 Å². The third kappa shape index (κ3) is 3.29. The van der Waals surface area contributed by atoms with Crippen molar-refractivity contribution in [2.75, 3.05) is 44.3 Å². The van der Waals surface area contributed by atoms with Gasteiger partial charge in [0.15, 0.2) is 0 Å². The van der Waals surface area contributed by atoms with E-state index >= 15 is 0 Å². The molecule has 0 aliphatic carbocycles. The van der Waals surface area contributed by atoms with Gasteiger partial charge in [-0.1, -0.05) is 0 Å². The Morgan fingerprint density at radius 1 is 1.14 bits per heavy atom. The molecule has 3 heterocycles. The summed E-state index contributed by atoms with van der Waals surface area (Å²) in [5, 5.41) is 0. The first-order chi connectivity index (χ1) is 10.0. The summed E-state index contributed by atoms with van der Waals surface area (Å²) in [4.78, 5) is 8.04. The van der Waals surface area contributed by atoms with Crippen molar-refractivity contribution in [3.8, 4) is 0 Å². The SMILES string of the molecule is FC(F)(F)c1ccc(N2CCC(N3CCOCC3)C2)cn1. The van der Waals surface area contributed by atoms with Crippen molar-refractivity contribution in [3.05, 3.63) is 24.0 Å².